The normalized spacial score (nSPS) is 21.8. The first-order valence-electron chi connectivity index (χ1n) is 7.57. The molecule has 0 unspecified atom stereocenters. The molecule has 0 aliphatic carbocycles. The third kappa shape index (κ3) is 3.52. The van der Waals surface area contributed by atoms with Crippen molar-refractivity contribution < 1.29 is 14.3 Å². The number of ether oxygens (including phenoxy) is 2. The van der Waals surface area contributed by atoms with Crippen LogP contribution in [0.1, 0.15) is 24.8 Å². The third-order valence-electron chi connectivity index (χ3n) is 4.07. The molecule has 0 saturated carbocycles. The summed E-state index contributed by atoms with van der Waals surface area (Å²) >= 11 is 0. The van der Waals surface area contributed by atoms with Crippen molar-refractivity contribution in [1.29, 1.82) is 0 Å². The Labute approximate surface area is 125 Å². The lowest BCUT2D eigenvalue weighted by atomic mass is 10.0. The Kier molecular flexibility index (Phi) is 4.36. The summed E-state index contributed by atoms with van der Waals surface area (Å²) in [5.74, 6) is -0.373. The zero-order valence-corrected chi connectivity index (χ0v) is 12.2. The van der Waals surface area contributed by atoms with Gasteiger partial charge in [-0.05, 0) is 18.1 Å². The monoisotopic (exact) mass is 287 g/mol. The minimum Gasteiger partial charge on any atom is -0.350 e. The van der Waals surface area contributed by atoms with E-state index in [0.29, 0.717) is 13.1 Å². The van der Waals surface area contributed by atoms with Gasteiger partial charge in [-0.2, -0.15) is 0 Å². The van der Waals surface area contributed by atoms with E-state index in [1.54, 1.807) is 6.08 Å². The standard InChI is InChI=1S/C17H21NO3/c19-16(8-7-15-5-2-1-3-6-15)18-11-9-17(10-12-18)20-13-4-14-21-17/h1-3,5-8H,4,9-14H2. The first-order chi connectivity index (χ1) is 10.3. The second-order valence-electron chi connectivity index (χ2n) is 5.53. The van der Waals surface area contributed by atoms with Crippen LogP contribution >= 0.6 is 0 Å². The largest absolute Gasteiger partial charge is 0.350 e. The highest BCUT2D eigenvalue weighted by molar-refractivity contribution is 5.91. The molecule has 0 atom stereocenters. The average molecular weight is 287 g/mol. The number of hydrogen-bond acceptors (Lipinski definition) is 3. The molecule has 2 saturated heterocycles. The fourth-order valence-electron chi connectivity index (χ4n) is 2.81. The maximum atomic E-state index is 12.2. The summed E-state index contributed by atoms with van der Waals surface area (Å²) in [6.45, 7) is 2.92. The molecule has 0 radical (unpaired) electrons. The van der Waals surface area contributed by atoms with Crippen LogP contribution in [0.4, 0.5) is 0 Å². The molecule has 0 aromatic heterocycles. The van der Waals surface area contributed by atoms with Crippen LogP contribution in [0.25, 0.3) is 6.08 Å². The van der Waals surface area contributed by atoms with Crippen molar-refractivity contribution in [3.8, 4) is 0 Å². The second kappa shape index (κ2) is 6.41. The molecule has 21 heavy (non-hydrogen) atoms. The molecule has 1 aromatic rings. The van der Waals surface area contributed by atoms with Crippen molar-refractivity contribution in [3.63, 3.8) is 0 Å². The highest BCUT2D eigenvalue weighted by atomic mass is 16.7. The van der Waals surface area contributed by atoms with Crippen molar-refractivity contribution in [2.75, 3.05) is 26.3 Å². The molecule has 1 aromatic carbocycles. The fourth-order valence-corrected chi connectivity index (χ4v) is 2.81. The van der Waals surface area contributed by atoms with E-state index in [1.165, 1.54) is 0 Å². The molecule has 0 N–H and O–H groups in total. The molecule has 112 valence electrons. The van der Waals surface area contributed by atoms with Crippen molar-refractivity contribution in [2.45, 2.75) is 25.0 Å². The Morgan fingerprint density at radius 1 is 1.10 bits per heavy atom. The highest BCUT2D eigenvalue weighted by Crippen LogP contribution is 2.30. The van der Waals surface area contributed by atoms with Crippen LogP contribution in [0.5, 0.6) is 0 Å². The molecule has 2 aliphatic rings. The number of benzene rings is 1. The van der Waals surface area contributed by atoms with Gasteiger partial charge in [-0.1, -0.05) is 30.3 Å². The summed E-state index contributed by atoms with van der Waals surface area (Å²) < 4.78 is 11.6. The van der Waals surface area contributed by atoms with Gasteiger partial charge in [0.05, 0.1) is 13.2 Å². The smallest absolute Gasteiger partial charge is 0.246 e. The molecular weight excluding hydrogens is 266 g/mol. The summed E-state index contributed by atoms with van der Waals surface area (Å²) in [7, 11) is 0. The fraction of sp³-hybridized carbons (Fsp3) is 0.471. The van der Waals surface area contributed by atoms with Crippen LogP contribution in [0.3, 0.4) is 0 Å². The van der Waals surface area contributed by atoms with E-state index in [2.05, 4.69) is 0 Å². The van der Waals surface area contributed by atoms with Crippen LogP contribution in [-0.2, 0) is 14.3 Å². The quantitative estimate of drug-likeness (QED) is 0.784. The van der Waals surface area contributed by atoms with E-state index < -0.39 is 5.79 Å². The van der Waals surface area contributed by atoms with Gasteiger partial charge in [0.2, 0.25) is 5.91 Å². The van der Waals surface area contributed by atoms with E-state index in [0.717, 1.165) is 38.0 Å². The Hall–Kier alpha value is -1.65. The average Bonchev–Trinajstić information content (AvgIpc) is 2.55. The van der Waals surface area contributed by atoms with Crippen LogP contribution < -0.4 is 0 Å². The maximum Gasteiger partial charge on any atom is 0.246 e. The van der Waals surface area contributed by atoms with E-state index >= 15 is 0 Å². The molecule has 2 fully saturated rings. The van der Waals surface area contributed by atoms with Crippen molar-refractivity contribution in [1.82, 2.24) is 4.90 Å². The predicted octanol–water partition coefficient (Wildman–Crippen LogP) is 2.46. The molecule has 2 heterocycles. The van der Waals surface area contributed by atoms with E-state index in [-0.39, 0.29) is 5.91 Å². The van der Waals surface area contributed by atoms with Gasteiger partial charge in [-0.15, -0.1) is 0 Å². The Balaban J connectivity index is 1.54. The van der Waals surface area contributed by atoms with Gasteiger partial charge in [-0.3, -0.25) is 4.79 Å². The number of amides is 1. The lowest BCUT2D eigenvalue weighted by Gasteiger charge is -2.43. The number of hydrogen-bond donors (Lipinski definition) is 0. The van der Waals surface area contributed by atoms with Crippen LogP contribution in [-0.4, -0.2) is 42.9 Å². The summed E-state index contributed by atoms with van der Waals surface area (Å²) in [5.41, 5.74) is 1.04. The summed E-state index contributed by atoms with van der Waals surface area (Å²) in [4.78, 5) is 14.1. The Morgan fingerprint density at radius 3 is 2.43 bits per heavy atom. The Bertz CT molecular complexity index is 496. The maximum absolute atomic E-state index is 12.2. The SMILES string of the molecule is O=C(C=Cc1ccccc1)N1CCC2(CC1)OCCCO2. The molecule has 4 heteroatoms. The van der Waals surface area contributed by atoms with Crippen LogP contribution in [0.15, 0.2) is 36.4 Å². The third-order valence-corrected chi connectivity index (χ3v) is 4.07. The van der Waals surface area contributed by atoms with Crippen molar-refractivity contribution in [3.05, 3.63) is 42.0 Å². The van der Waals surface area contributed by atoms with Crippen molar-refractivity contribution >= 4 is 12.0 Å². The highest BCUT2D eigenvalue weighted by Gasteiger charge is 2.38. The van der Waals surface area contributed by atoms with E-state index in [4.69, 9.17) is 9.47 Å². The van der Waals surface area contributed by atoms with Gasteiger partial charge in [0.1, 0.15) is 0 Å². The van der Waals surface area contributed by atoms with Gasteiger partial charge < -0.3 is 14.4 Å². The van der Waals surface area contributed by atoms with Gasteiger partial charge in [0.25, 0.3) is 0 Å². The molecule has 1 spiro atoms. The minimum atomic E-state index is -0.432. The molecule has 2 aliphatic heterocycles. The van der Waals surface area contributed by atoms with E-state index in [9.17, 15) is 4.79 Å². The molecule has 1 amide bonds. The van der Waals surface area contributed by atoms with Crippen molar-refractivity contribution in [2.24, 2.45) is 0 Å². The number of carbonyl (C=O) groups excluding carboxylic acids is 1. The first-order valence-corrected chi connectivity index (χ1v) is 7.57. The Morgan fingerprint density at radius 2 is 1.76 bits per heavy atom. The summed E-state index contributed by atoms with van der Waals surface area (Å²) in [5, 5.41) is 0. The molecular formula is C17H21NO3. The summed E-state index contributed by atoms with van der Waals surface area (Å²) in [6.07, 6.45) is 6.00. The molecule has 0 bridgehead atoms. The predicted molar refractivity (Wildman–Crippen MR) is 80.5 cm³/mol. The number of likely N-dealkylation sites (tertiary alicyclic amines) is 1. The molecule has 3 rings (SSSR count). The number of carbonyl (C=O) groups is 1. The van der Waals surface area contributed by atoms with Crippen LogP contribution in [0.2, 0.25) is 0 Å². The number of nitrogens with zero attached hydrogens (tertiary/aromatic N) is 1. The minimum absolute atomic E-state index is 0.0597. The first kappa shape index (κ1) is 14.3. The number of piperidine rings is 1. The topological polar surface area (TPSA) is 38.8 Å². The van der Waals surface area contributed by atoms with Gasteiger partial charge in [0, 0.05) is 32.0 Å². The second-order valence-corrected chi connectivity index (χ2v) is 5.53. The van der Waals surface area contributed by atoms with Gasteiger partial charge in [0.15, 0.2) is 5.79 Å². The summed E-state index contributed by atoms with van der Waals surface area (Å²) in [6, 6.07) is 9.86. The van der Waals surface area contributed by atoms with Gasteiger partial charge >= 0.3 is 0 Å². The lowest BCUT2D eigenvalue weighted by Crippen LogP contribution is -2.51. The van der Waals surface area contributed by atoms with Gasteiger partial charge in [-0.25, -0.2) is 0 Å². The zero-order valence-electron chi connectivity index (χ0n) is 12.2. The lowest BCUT2D eigenvalue weighted by molar-refractivity contribution is -0.282. The number of rotatable bonds is 2. The van der Waals surface area contributed by atoms with Crippen LogP contribution in [0, 0.1) is 0 Å². The molecule has 4 nitrogen and oxygen atoms in total. The zero-order chi connectivity index (χ0) is 14.5. The van der Waals surface area contributed by atoms with E-state index in [1.807, 2.05) is 41.3 Å².